The molecule has 26 nitrogen and oxygen atoms in total. The van der Waals surface area contributed by atoms with Gasteiger partial charge in [-0.15, -0.1) is 0 Å². The first-order valence-corrected chi connectivity index (χ1v) is 49.3. The van der Waals surface area contributed by atoms with Gasteiger partial charge in [0.1, 0.15) is 29.1 Å². The zero-order chi connectivity index (χ0) is 95.9. The average molecular weight is 1810 g/mol. The lowest BCUT2D eigenvalue weighted by molar-refractivity contribution is 0.209. The van der Waals surface area contributed by atoms with Crippen LogP contribution in [0.3, 0.4) is 0 Å². The van der Waals surface area contributed by atoms with Gasteiger partial charge < -0.3 is 87.5 Å². The van der Waals surface area contributed by atoms with Crippen LogP contribution in [0.2, 0.25) is 0 Å². The molecule has 26 heteroatoms. The van der Waals surface area contributed by atoms with Crippen LogP contribution in [-0.4, -0.2) is 291 Å². The van der Waals surface area contributed by atoms with Gasteiger partial charge >= 0.3 is 0 Å². The number of nitrogens with zero attached hydrogens (tertiary/aromatic N) is 16. The molecule has 14 rings (SSSR count). The maximum absolute atomic E-state index is 4.53. The van der Waals surface area contributed by atoms with Gasteiger partial charge in [-0.25, -0.2) is 24.9 Å². The van der Waals surface area contributed by atoms with Crippen molar-refractivity contribution in [3.8, 4) is 0 Å². The molecule has 10 N–H and O–H groups in total. The van der Waals surface area contributed by atoms with Gasteiger partial charge in [0.25, 0.3) is 0 Å². The fraction of sp³-hybridized carbons (Fsp3) is 0.648. The maximum Gasteiger partial charge on any atom is 0.126 e. The molecule has 0 radical (unpaired) electrons. The van der Waals surface area contributed by atoms with Crippen LogP contribution in [0.1, 0.15) is 201 Å². The van der Waals surface area contributed by atoms with Crippen molar-refractivity contribution >= 4 is 80.3 Å². The molecular formula is C105H180N26. The second-order valence-electron chi connectivity index (χ2n) is 44.4. The summed E-state index contributed by atoms with van der Waals surface area (Å²) in [5.74, 6) is 4.73. The van der Waals surface area contributed by atoms with E-state index in [9.17, 15) is 0 Å². The smallest absolute Gasteiger partial charge is 0.126 e. The monoisotopic (exact) mass is 1810 g/mol. The summed E-state index contributed by atoms with van der Waals surface area (Å²) in [7, 11) is 0. The Morgan fingerprint density at radius 1 is 0.198 bits per heavy atom. The summed E-state index contributed by atoms with van der Waals surface area (Å²) in [6.45, 7) is 94.2. The van der Waals surface area contributed by atoms with Crippen molar-refractivity contribution in [2.24, 2.45) is 0 Å². The summed E-state index contributed by atoms with van der Waals surface area (Å²) < 4.78 is 0. The maximum atomic E-state index is 4.53. The van der Waals surface area contributed by atoms with Crippen LogP contribution in [0.15, 0.2) is 140 Å². The summed E-state index contributed by atoms with van der Waals surface area (Å²) in [5.41, 5.74) is 11.7. The van der Waals surface area contributed by atoms with Crippen molar-refractivity contribution < 1.29 is 0 Å². The van der Waals surface area contributed by atoms with Gasteiger partial charge in [0, 0.05) is 269 Å². The summed E-state index contributed by atoms with van der Waals surface area (Å²) in [4.78, 5) is 49.6. The van der Waals surface area contributed by atoms with Crippen LogP contribution in [0.5, 0.6) is 0 Å². The van der Waals surface area contributed by atoms with E-state index in [1.165, 1.54) is 51.2 Å². The fourth-order valence-electron chi connectivity index (χ4n) is 16.3. The van der Waals surface area contributed by atoms with Crippen LogP contribution in [0.4, 0.5) is 80.3 Å². The number of pyridine rings is 5. The van der Waals surface area contributed by atoms with E-state index in [0.29, 0.717) is 24.2 Å². The largest absolute Gasteiger partial charge is 0.380 e. The number of hydrogen-bond acceptors (Lipinski definition) is 26. The summed E-state index contributed by atoms with van der Waals surface area (Å²) >= 11 is 0. The zero-order valence-corrected chi connectivity index (χ0v) is 87.0. The van der Waals surface area contributed by atoms with Crippen LogP contribution >= 0.6 is 0 Å². The number of benzene rings is 2. The molecule has 7 aliphatic rings. The van der Waals surface area contributed by atoms with Gasteiger partial charge in [-0.3, -0.25) is 19.6 Å². The molecule has 131 heavy (non-hydrogen) atoms. The Hall–Kier alpha value is -8.89. The van der Waals surface area contributed by atoms with E-state index in [1.807, 2.05) is 31.0 Å². The van der Waals surface area contributed by atoms with E-state index >= 15 is 0 Å². The number of rotatable bonds is 18. The van der Waals surface area contributed by atoms with Crippen LogP contribution in [0, 0.1) is 0 Å². The minimum absolute atomic E-state index is 0.0530. The highest BCUT2D eigenvalue weighted by Gasteiger charge is 2.27. The highest BCUT2D eigenvalue weighted by Crippen LogP contribution is 2.29. The van der Waals surface area contributed by atoms with Crippen molar-refractivity contribution in [3.05, 3.63) is 140 Å². The highest BCUT2D eigenvalue weighted by atomic mass is 15.3. The Morgan fingerprint density at radius 3 is 0.496 bits per heavy atom. The molecule has 0 bridgehead atoms. The van der Waals surface area contributed by atoms with Gasteiger partial charge in [0.2, 0.25) is 0 Å². The third-order valence-electron chi connectivity index (χ3n) is 23.1. The van der Waals surface area contributed by atoms with E-state index in [2.05, 4.69) is 442 Å². The molecule has 7 fully saturated rings. The summed E-state index contributed by atoms with van der Waals surface area (Å²) in [5, 5.41) is 34.0. The Kier molecular flexibility index (Phi) is 41.4. The van der Waals surface area contributed by atoms with Crippen LogP contribution in [0.25, 0.3) is 0 Å². The second kappa shape index (κ2) is 50.4. The van der Waals surface area contributed by atoms with E-state index in [0.717, 1.165) is 212 Å². The van der Waals surface area contributed by atoms with Crippen molar-refractivity contribution in [3.63, 3.8) is 0 Å². The standard InChI is InChI=1S/4C16H28N4.2C14H23N3.C13H22N4/c4*1-13(2)19-8-10-20(11-9-19)14-6-7-15(17-12-14)18-16(3,4)5;2*1-14(2,3)16-12-4-6-13(7-5-12)17-10-8-15-9-11-17;1-13(2,3)16-12-5-4-11(10-15-12)17-8-6-14-7-9-17/h4*6-7,12-13H,8-11H2,1-5H3,(H,17,18);2*4-7,15-16H,8-11H2,1-3H3;4-5,10,14H,6-9H2,1-3H3,(H,15,16). The van der Waals surface area contributed by atoms with Gasteiger partial charge in [-0.1, -0.05) is 0 Å². The number of hydrogen-bond donors (Lipinski definition) is 10. The first-order chi connectivity index (χ1) is 61.5. The van der Waals surface area contributed by atoms with Crippen LogP contribution < -0.4 is 87.5 Å². The highest BCUT2D eigenvalue weighted by molar-refractivity contribution is 5.59. The SMILES string of the molecule is CC(C)(C)Nc1ccc(N2CCNCC2)cc1.CC(C)(C)Nc1ccc(N2CCNCC2)cc1.CC(C)(C)Nc1ccc(N2CCNCC2)cn1.CC(C)N1CCN(c2ccc(NC(C)(C)C)nc2)CC1.CC(C)N1CCN(c2ccc(NC(C)(C)C)nc2)CC1.CC(C)N1CCN(c2ccc(NC(C)(C)C)nc2)CC1.CC(C)N1CCN(c2ccc(NC(C)(C)C)nc2)CC1. The minimum Gasteiger partial charge on any atom is -0.380 e. The van der Waals surface area contributed by atoms with E-state index < -0.39 is 0 Å². The van der Waals surface area contributed by atoms with Crippen molar-refractivity contribution in [1.29, 1.82) is 0 Å². The molecule has 730 valence electrons. The molecule has 7 saturated heterocycles. The quantitative estimate of drug-likeness (QED) is 0.0386. The third-order valence-corrected chi connectivity index (χ3v) is 23.1. The molecule has 0 unspecified atom stereocenters. The van der Waals surface area contributed by atoms with Gasteiger partial charge in [0.15, 0.2) is 0 Å². The topological polar surface area (TPSA) is 220 Å². The van der Waals surface area contributed by atoms with Crippen LogP contribution in [-0.2, 0) is 0 Å². The molecule has 2 aromatic carbocycles. The second-order valence-corrected chi connectivity index (χ2v) is 44.4. The molecule has 0 aliphatic carbocycles. The van der Waals surface area contributed by atoms with Crippen molar-refractivity contribution in [2.45, 2.75) is 264 Å². The number of piperazine rings is 7. The normalized spacial score (nSPS) is 17.4. The summed E-state index contributed by atoms with van der Waals surface area (Å²) in [6, 6.07) is 41.3. The van der Waals surface area contributed by atoms with Gasteiger partial charge in [-0.2, -0.15) is 0 Å². The van der Waals surface area contributed by atoms with E-state index in [-0.39, 0.29) is 38.8 Å². The Labute approximate surface area is 795 Å². The third kappa shape index (κ3) is 41.2. The molecule has 0 amide bonds. The minimum atomic E-state index is 0.0530. The first-order valence-electron chi connectivity index (χ1n) is 49.3. The number of nitrogens with one attached hydrogen (secondary N) is 10. The predicted octanol–water partition coefficient (Wildman–Crippen LogP) is 17.6. The van der Waals surface area contributed by atoms with Gasteiger partial charge in [0.05, 0.1) is 59.4 Å². The lowest BCUT2D eigenvalue weighted by atomic mass is 10.1. The number of anilines is 14. The molecule has 7 aliphatic heterocycles. The lowest BCUT2D eigenvalue weighted by Crippen LogP contribution is -2.48. The zero-order valence-electron chi connectivity index (χ0n) is 87.0. The lowest BCUT2D eigenvalue weighted by Gasteiger charge is -2.38. The van der Waals surface area contributed by atoms with E-state index in [4.69, 9.17) is 0 Å². The molecule has 0 saturated carbocycles. The van der Waals surface area contributed by atoms with Crippen molar-refractivity contribution in [1.82, 2.24) is 60.5 Å². The predicted molar refractivity (Wildman–Crippen MR) is 569 cm³/mol. The molecule has 12 heterocycles. The van der Waals surface area contributed by atoms with E-state index in [1.54, 1.807) is 0 Å². The number of aromatic nitrogens is 5. The molecule has 0 atom stereocenters. The molecular weight excluding hydrogens is 1630 g/mol. The molecule has 7 aromatic rings. The molecule has 0 spiro atoms. The Bertz CT molecular complexity index is 3730. The van der Waals surface area contributed by atoms with Crippen molar-refractivity contribution in [2.75, 3.05) is 255 Å². The Balaban J connectivity index is 0.000000189. The molecule has 5 aromatic heterocycles. The first kappa shape index (κ1) is 107. The average Bonchev–Trinajstić information content (AvgIpc) is 0.842. The summed E-state index contributed by atoms with van der Waals surface area (Å²) in [6.07, 6.45) is 9.90. The van der Waals surface area contributed by atoms with Gasteiger partial charge in [-0.05, 0) is 310 Å². The Morgan fingerprint density at radius 2 is 0.351 bits per heavy atom. The fourth-order valence-corrected chi connectivity index (χ4v) is 16.3.